The smallest absolute Gasteiger partial charge is 0.242 e. The monoisotopic (exact) mass is 281 g/mol. The van der Waals surface area contributed by atoms with E-state index in [1.54, 1.807) is 12.1 Å². The molecule has 1 aliphatic heterocycles. The summed E-state index contributed by atoms with van der Waals surface area (Å²) < 4.78 is 13.9. The lowest BCUT2D eigenvalue weighted by molar-refractivity contribution is -0.123. The Kier molecular flexibility index (Phi) is 3.99. The summed E-state index contributed by atoms with van der Waals surface area (Å²) >= 11 is 4.77. The average molecular weight is 281 g/mol. The van der Waals surface area contributed by atoms with Gasteiger partial charge in [-0.25, -0.2) is 4.39 Å². The maximum Gasteiger partial charge on any atom is 0.242 e. The largest absolute Gasteiger partial charge is 0.389 e. The summed E-state index contributed by atoms with van der Waals surface area (Å²) in [7, 11) is 0. The van der Waals surface area contributed by atoms with E-state index in [-0.39, 0.29) is 22.5 Å². The number of thiocarbonyl (C=S) groups is 1. The van der Waals surface area contributed by atoms with Crippen molar-refractivity contribution in [2.75, 3.05) is 18.0 Å². The molecule has 1 amide bonds. The number of amides is 1. The Hall–Kier alpha value is -1.69. The van der Waals surface area contributed by atoms with Crippen molar-refractivity contribution in [2.45, 2.75) is 19.4 Å². The van der Waals surface area contributed by atoms with Crippen LogP contribution in [-0.4, -0.2) is 30.0 Å². The van der Waals surface area contributed by atoms with Crippen molar-refractivity contribution >= 4 is 28.8 Å². The Morgan fingerprint density at radius 2 is 2.37 bits per heavy atom. The van der Waals surface area contributed by atoms with E-state index in [1.165, 1.54) is 6.07 Å². The number of anilines is 1. The van der Waals surface area contributed by atoms with E-state index in [0.717, 1.165) is 0 Å². The maximum atomic E-state index is 13.9. The van der Waals surface area contributed by atoms with E-state index in [0.29, 0.717) is 25.2 Å². The number of carbonyl (C=O) groups excluding carboxylic acids is 1. The van der Waals surface area contributed by atoms with Gasteiger partial charge in [0.25, 0.3) is 0 Å². The Balaban J connectivity index is 2.33. The van der Waals surface area contributed by atoms with Gasteiger partial charge in [-0.3, -0.25) is 4.79 Å². The Bertz CT molecular complexity index is 521. The molecule has 2 rings (SSSR count). The van der Waals surface area contributed by atoms with Gasteiger partial charge in [0.05, 0.1) is 0 Å². The first-order valence-corrected chi connectivity index (χ1v) is 6.59. The van der Waals surface area contributed by atoms with Crippen LogP contribution in [0, 0.1) is 5.82 Å². The summed E-state index contributed by atoms with van der Waals surface area (Å²) in [6.45, 7) is 3.16. The molecule has 0 spiro atoms. The van der Waals surface area contributed by atoms with Crippen LogP contribution in [0.15, 0.2) is 18.2 Å². The number of hydrogen-bond donors (Lipinski definition) is 2. The van der Waals surface area contributed by atoms with Crippen LogP contribution >= 0.6 is 12.2 Å². The molecule has 3 N–H and O–H groups in total. The molecule has 0 bridgehead atoms. The molecule has 0 aliphatic carbocycles. The predicted molar refractivity (Wildman–Crippen MR) is 76.7 cm³/mol. The van der Waals surface area contributed by atoms with Gasteiger partial charge in [0, 0.05) is 24.3 Å². The molecular weight excluding hydrogens is 265 g/mol. The zero-order chi connectivity index (χ0) is 14.0. The van der Waals surface area contributed by atoms with Crippen molar-refractivity contribution in [3.8, 4) is 0 Å². The average Bonchev–Trinajstić information content (AvgIpc) is 2.37. The molecule has 0 aromatic heterocycles. The van der Waals surface area contributed by atoms with E-state index in [9.17, 15) is 9.18 Å². The molecule has 1 atom stereocenters. The van der Waals surface area contributed by atoms with Gasteiger partial charge in [0.1, 0.15) is 16.8 Å². The Morgan fingerprint density at radius 1 is 1.63 bits per heavy atom. The lowest BCUT2D eigenvalue weighted by atomic mass is 10.1. The number of nitrogens with two attached hydrogens (primary N) is 1. The lowest BCUT2D eigenvalue weighted by Gasteiger charge is -2.36. The Labute approximate surface area is 116 Å². The fourth-order valence-corrected chi connectivity index (χ4v) is 2.48. The highest BCUT2D eigenvalue weighted by Gasteiger charge is 2.28. The first-order valence-electron chi connectivity index (χ1n) is 6.18. The fraction of sp³-hybridized carbons (Fsp3) is 0.385. The number of benzene rings is 1. The molecule has 0 radical (unpaired) electrons. The third-order valence-corrected chi connectivity index (χ3v) is 3.49. The van der Waals surface area contributed by atoms with Gasteiger partial charge in [-0.1, -0.05) is 19.1 Å². The van der Waals surface area contributed by atoms with Crippen molar-refractivity contribution in [3.63, 3.8) is 0 Å². The third kappa shape index (κ3) is 2.68. The third-order valence-electron chi connectivity index (χ3n) is 3.27. The van der Waals surface area contributed by atoms with Crippen LogP contribution in [0.2, 0.25) is 0 Å². The minimum Gasteiger partial charge on any atom is -0.389 e. The second-order valence-electron chi connectivity index (χ2n) is 4.44. The van der Waals surface area contributed by atoms with Crippen molar-refractivity contribution in [3.05, 3.63) is 29.6 Å². The van der Waals surface area contributed by atoms with Gasteiger partial charge in [-0.05, 0) is 24.6 Å². The first kappa shape index (κ1) is 13.7. The van der Waals surface area contributed by atoms with Crippen LogP contribution in [-0.2, 0) is 4.79 Å². The highest BCUT2D eigenvalue weighted by molar-refractivity contribution is 7.80. The molecule has 1 fully saturated rings. The molecule has 1 aromatic carbocycles. The summed E-state index contributed by atoms with van der Waals surface area (Å²) in [6, 6.07) is 4.43. The summed E-state index contributed by atoms with van der Waals surface area (Å²) in [6.07, 6.45) is 0.671. The van der Waals surface area contributed by atoms with E-state index < -0.39 is 5.82 Å². The SMILES string of the molecule is CCC1C(=O)NCCN1c1ccc(C(N)=S)c(F)c1. The zero-order valence-corrected chi connectivity index (χ0v) is 11.5. The number of nitrogens with zero attached hydrogens (tertiary/aromatic N) is 1. The number of halogens is 1. The fourth-order valence-electron chi connectivity index (χ4n) is 2.31. The van der Waals surface area contributed by atoms with Gasteiger partial charge >= 0.3 is 0 Å². The highest BCUT2D eigenvalue weighted by Crippen LogP contribution is 2.23. The second-order valence-corrected chi connectivity index (χ2v) is 4.88. The molecule has 0 saturated carbocycles. The normalized spacial score (nSPS) is 19.2. The van der Waals surface area contributed by atoms with Crippen LogP contribution in [0.1, 0.15) is 18.9 Å². The van der Waals surface area contributed by atoms with Crippen molar-refractivity contribution < 1.29 is 9.18 Å². The molecule has 1 saturated heterocycles. The summed E-state index contributed by atoms with van der Waals surface area (Å²) in [5.41, 5.74) is 6.34. The van der Waals surface area contributed by atoms with E-state index in [1.807, 2.05) is 11.8 Å². The molecular formula is C13H16FN3OS. The molecule has 4 nitrogen and oxygen atoms in total. The number of nitrogens with one attached hydrogen (secondary N) is 1. The number of carbonyl (C=O) groups is 1. The van der Waals surface area contributed by atoms with Crippen LogP contribution in [0.3, 0.4) is 0 Å². The highest BCUT2D eigenvalue weighted by atomic mass is 32.1. The van der Waals surface area contributed by atoms with Crippen LogP contribution in [0.4, 0.5) is 10.1 Å². The quantitative estimate of drug-likeness (QED) is 0.817. The van der Waals surface area contributed by atoms with Gasteiger partial charge in [-0.15, -0.1) is 0 Å². The number of hydrogen-bond acceptors (Lipinski definition) is 3. The topological polar surface area (TPSA) is 58.4 Å². The van der Waals surface area contributed by atoms with E-state index in [2.05, 4.69) is 5.32 Å². The minimum atomic E-state index is -0.453. The van der Waals surface area contributed by atoms with Crippen LogP contribution in [0.5, 0.6) is 0 Å². The maximum absolute atomic E-state index is 13.9. The predicted octanol–water partition coefficient (Wildman–Crippen LogP) is 1.17. The molecule has 1 heterocycles. The molecule has 1 aliphatic rings. The summed E-state index contributed by atoms with van der Waals surface area (Å²) in [4.78, 5) is 13.7. The van der Waals surface area contributed by atoms with Crippen LogP contribution < -0.4 is 16.0 Å². The molecule has 1 unspecified atom stereocenters. The standard InChI is InChI=1S/C13H16FN3OS/c1-2-11-13(18)16-5-6-17(11)8-3-4-9(12(15)19)10(14)7-8/h3-4,7,11H,2,5-6H2,1H3,(H2,15,19)(H,16,18). The van der Waals surface area contributed by atoms with Gasteiger partial charge < -0.3 is 16.0 Å². The first-order chi connectivity index (χ1) is 9.04. The van der Waals surface area contributed by atoms with E-state index >= 15 is 0 Å². The van der Waals surface area contributed by atoms with Crippen LogP contribution in [0.25, 0.3) is 0 Å². The summed E-state index contributed by atoms with van der Waals surface area (Å²) in [5.74, 6) is -0.474. The zero-order valence-electron chi connectivity index (χ0n) is 10.6. The van der Waals surface area contributed by atoms with Crippen molar-refractivity contribution in [2.24, 2.45) is 5.73 Å². The molecule has 19 heavy (non-hydrogen) atoms. The Morgan fingerprint density at radius 3 is 2.95 bits per heavy atom. The molecule has 6 heteroatoms. The van der Waals surface area contributed by atoms with Crippen molar-refractivity contribution in [1.29, 1.82) is 0 Å². The number of piperazine rings is 1. The minimum absolute atomic E-state index is 0.0208. The summed E-state index contributed by atoms with van der Waals surface area (Å²) in [5, 5.41) is 2.81. The van der Waals surface area contributed by atoms with Gasteiger partial charge in [0.15, 0.2) is 0 Å². The van der Waals surface area contributed by atoms with Gasteiger partial charge in [-0.2, -0.15) is 0 Å². The number of rotatable bonds is 3. The van der Waals surface area contributed by atoms with E-state index in [4.69, 9.17) is 18.0 Å². The molecule has 102 valence electrons. The van der Waals surface area contributed by atoms with Gasteiger partial charge in [0.2, 0.25) is 5.91 Å². The molecule has 1 aromatic rings. The lowest BCUT2D eigenvalue weighted by Crippen LogP contribution is -2.55. The second kappa shape index (κ2) is 5.52. The van der Waals surface area contributed by atoms with Crippen molar-refractivity contribution in [1.82, 2.24) is 5.32 Å².